The van der Waals surface area contributed by atoms with Gasteiger partial charge in [0.2, 0.25) is 0 Å². The molecule has 1 aliphatic heterocycles. The fourth-order valence-corrected chi connectivity index (χ4v) is 1.90. The zero-order valence-corrected chi connectivity index (χ0v) is 8.48. The van der Waals surface area contributed by atoms with Gasteiger partial charge in [0.1, 0.15) is 11.6 Å². The predicted molar refractivity (Wildman–Crippen MR) is 57.1 cm³/mol. The van der Waals surface area contributed by atoms with Gasteiger partial charge in [0.15, 0.2) is 0 Å². The first kappa shape index (κ1) is 9.24. The standard InChI is InChI=1S/C10H16N4/c1-2-8-3-4-14(7-8)10-6-12-5-9(11)13-10/h5-6,8H,2-4,7H2,1H3,(H2,11,13). The van der Waals surface area contributed by atoms with E-state index in [1.54, 1.807) is 12.4 Å². The van der Waals surface area contributed by atoms with E-state index in [1.807, 2.05) is 0 Å². The van der Waals surface area contributed by atoms with E-state index in [9.17, 15) is 0 Å². The monoisotopic (exact) mass is 192 g/mol. The van der Waals surface area contributed by atoms with Gasteiger partial charge in [0.25, 0.3) is 0 Å². The number of aromatic nitrogens is 2. The fourth-order valence-electron chi connectivity index (χ4n) is 1.90. The van der Waals surface area contributed by atoms with Crippen molar-refractivity contribution < 1.29 is 0 Å². The van der Waals surface area contributed by atoms with Crippen molar-refractivity contribution in [1.82, 2.24) is 9.97 Å². The molecular formula is C10H16N4. The van der Waals surface area contributed by atoms with Gasteiger partial charge in [-0.05, 0) is 12.3 Å². The van der Waals surface area contributed by atoms with E-state index in [4.69, 9.17) is 5.73 Å². The number of anilines is 2. The van der Waals surface area contributed by atoms with Crippen LogP contribution in [0.1, 0.15) is 19.8 Å². The Balaban J connectivity index is 2.09. The van der Waals surface area contributed by atoms with Crippen molar-refractivity contribution in [3.63, 3.8) is 0 Å². The molecule has 0 saturated carbocycles. The summed E-state index contributed by atoms with van der Waals surface area (Å²) < 4.78 is 0. The van der Waals surface area contributed by atoms with Crippen LogP contribution in [0.3, 0.4) is 0 Å². The first-order valence-electron chi connectivity index (χ1n) is 5.12. The second-order valence-corrected chi connectivity index (χ2v) is 3.81. The number of nitrogens with zero attached hydrogens (tertiary/aromatic N) is 3. The van der Waals surface area contributed by atoms with Crippen LogP contribution in [0.15, 0.2) is 12.4 Å². The molecule has 1 aromatic rings. The van der Waals surface area contributed by atoms with Crippen LogP contribution < -0.4 is 10.6 Å². The maximum absolute atomic E-state index is 5.59. The largest absolute Gasteiger partial charge is 0.382 e. The molecule has 0 amide bonds. The van der Waals surface area contributed by atoms with E-state index in [2.05, 4.69) is 21.8 Å². The highest BCUT2D eigenvalue weighted by Gasteiger charge is 2.21. The molecule has 0 aromatic carbocycles. The Labute approximate surface area is 84.2 Å². The van der Waals surface area contributed by atoms with Gasteiger partial charge in [-0.25, -0.2) is 4.98 Å². The van der Waals surface area contributed by atoms with Crippen molar-refractivity contribution >= 4 is 11.6 Å². The van der Waals surface area contributed by atoms with Gasteiger partial charge in [-0.1, -0.05) is 13.3 Å². The molecule has 1 aromatic heterocycles. The average Bonchev–Trinajstić information content (AvgIpc) is 2.66. The zero-order valence-electron chi connectivity index (χ0n) is 8.48. The van der Waals surface area contributed by atoms with E-state index in [1.165, 1.54) is 12.8 Å². The number of nitrogen functional groups attached to an aromatic ring is 1. The summed E-state index contributed by atoms with van der Waals surface area (Å²) in [6.07, 6.45) is 5.87. The van der Waals surface area contributed by atoms with Crippen LogP contribution >= 0.6 is 0 Å². The highest BCUT2D eigenvalue weighted by Crippen LogP contribution is 2.23. The second kappa shape index (κ2) is 3.82. The number of hydrogen-bond acceptors (Lipinski definition) is 4. The molecule has 0 aliphatic carbocycles. The molecule has 2 N–H and O–H groups in total. The zero-order chi connectivity index (χ0) is 9.97. The third-order valence-electron chi connectivity index (χ3n) is 2.83. The van der Waals surface area contributed by atoms with E-state index in [0.717, 1.165) is 24.8 Å². The maximum Gasteiger partial charge on any atom is 0.149 e. The van der Waals surface area contributed by atoms with Crippen LogP contribution in [0, 0.1) is 5.92 Å². The van der Waals surface area contributed by atoms with E-state index >= 15 is 0 Å². The van der Waals surface area contributed by atoms with E-state index in [0.29, 0.717) is 5.82 Å². The summed E-state index contributed by atoms with van der Waals surface area (Å²) in [7, 11) is 0. The smallest absolute Gasteiger partial charge is 0.149 e. The lowest BCUT2D eigenvalue weighted by molar-refractivity contribution is 0.568. The van der Waals surface area contributed by atoms with Crippen molar-refractivity contribution in [3.8, 4) is 0 Å². The van der Waals surface area contributed by atoms with Gasteiger partial charge in [-0.15, -0.1) is 0 Å². The van der Waals surface area contributed by atoms with Gasteiger partial charge >= 0.3 is 0 Å². The van der Waals surface area contributed by atoms with Gasteiger partial charge in [0.05, 0.1) is 12.4 Å². The molecule has 1 saturated heterocycles. The van der Waals surface area contributed by atoms with Crippen LogP contribution in [-0.2, 0) is 0 Å². The number of rotatable bonds is 2. The molecule has 0 spiro atoms. The van der Waals surface area contributed by atoms with Gasteiger partial charge in [-0.3, -0.25) is 4.98 Å². The molecule has 0 radical (unpaired) electrons. The lowest BCUT2D eigenvalue weighted by Crippen LogP contribution is -2.21. The minimum Gasteiger partial charge on any atom is -0.382 e. The van der Waals surface area contributed by atoms with Crippen LogP contribution in [0.5, 0.6) is 0 Å². The van der Waals surface area contributed by atoms with E-state index < -0.39 is 0 Å². The summed E-state index contributed by atoms with van der Waals surface area (Å²) in [5, 5.41) is 0. The van der Waals surface area contributed by atoms with Gasteiger partial charge in [-0.2, -0.15) is 0 Å². The summed E-state index contributed by atoms with van der Waals surface area (Å²) >= 11 is 0. The molecule has 2 rings (SSSR count). The Morgan fingerprint density at radius 3 is 3.07 bits per heavy atom. The van der Waals surface area contributed by atoms with Crippen LogP contribution in [0.4, 0.5) is 11.6 Å². The fraction of sp³-hybridized carbons (Fsp3) is 0.600. The Morgan fingerprint density at radius 2 is 2.43 bits per heavy atom. The Kier molecular flexibility index (Phi) is 2.52. The average molecular weight is 192 g/mol. The van der Waals surface area contributed by atoms with E-state index in [-0.39, 0.29) is 0 Å². The molecule has 1 unspecified atom stereocenters. The SMILES string of the molecule is CCC1CCN(c2cncc(N)n2)C1. The summed E-state index contributed by atoms with van der Waals surface area (Å²) in [6.45, 7) is 4.41. The first-order valence-corrected chi connectivity index (χ1v) is 5.12. The molecule has 2 heterocycles. The van der Waals surface area contributed by atoms with Gasteiger partial charge in [0, 0.05) is 13.1 Å². The molecule has 0 bridgehead atoms. The number of hydrogen-bond donors (Lipinski definition) is 1. The second-order valence-electron chi connectivity index (χ2n) is 3.81. The summed E-state index contributed by atoms with van der Waals surface area (Å²) in [5.41, 5.74) is 5.59. The molecule has 4 heteroatoms. The van der Waals surface area contributed by atoms with Crippen molar-refractivity contribution in [2.75, 3.05) is 23.7 Å². The van der Waals surface area contributed by atoms with Crippen LogP contribution in [0.25, 0.3) is 0 Å². The quantitative estimate of drug-likeness (QED) is 0.767. The third kappa shape index (κ3) is 1.78. The first-order chi connectivity index (χ1) is 6.79. The topological polar surface area (TPSA) is 55.0 Å². The summed E-state index contributed by atoms with van der Waals surface area (Å²) in [5.74, 6) is 2.22. The molecule has 1 fully saturated rings. The lowest BCUT2D eigenvalue weighted by Gasteiger charge is -2.16. The molecular weight excluding hydrogens is 176 g/mol. The molecule has 1 aliphatic rings. The third-order valence-corrected chi connectivity index (χ3v) is 2.83. The van der Waals surface area contributed by atoms with Crippen molar-refractivity contribution in [1.29, 1.82) is 0 Å². The molecule has 4 nitrogen and oxygen atoms in total. The summed E-state index contributed by atoms with van der Waals surface area (Å²) in [6, 6.07) is 0. The maximum atomic E-state index is 5.59. The van der Waals surface area contributed by atoms with Crippen molar-refractivity contribution in [2.24, 2.45) is 5.92 Å². The highest BCUT2D eigenvalue weighted by molar-refractivity contribution is 5.42. The minimum absolute atomic E-state index is 0.502. The highest BCUT2D eigenvalue weighted by atomic mass is 15.2. The van der Waals surface area contributed by atoms with Crippen molar-refractivity contribution in [2.45, 2.75) is 19.8 Å². The predicted octanol–water partition coefficient (Wildman–Crippen LogP) is 1.30. The Morgan fingerprint density at radius 1 is 1.57 bits per heavy atom. The Bertz CT molecular complexity index is 313. The van der Waals surface area contributed by atoms with Gasteiger partial charge < -0.3 is 10.6 Å². The molecule has 14 heavy (non-hydrogen) atoms. The summed E-state index contributed by atoms with van der Waals surface area (Å²) in [4.78, 5) is 10.6. The lowest BCUT2D eigenvalue weighted by atomic mass is 10.1. The Hall–Kier alpha value is -1.32. The van der Waals surface area contributed by atoms with Crippen LogP contribution in [-0.4, -0.2) is 23.1 Å². The van der Waals surface area contributed by atoms with Crippen molar-refractivity contribution in [3.05, 3.63) is 12.4 Å². The normalized spacial score (nSPS) is 21.5. The molecule has 1 atom stereocenters. The minimum atomic E-state index is 0.502. The molecule has 76 valence electrons. The number of nitrogens with two attached hydrogens (primary N) is 1. The van der Waals surface area contributed by atoms with Crippen LogP contribution in [0.2, 0.25) is 0 Å².